The highest BCUT2D eigenvalue weighted by molar-refractivity contribution is 5.91. The Kier molecular flexibility index (Phi) is 4.30. The Morgan fingerprint density at radius 2 is 2.25 bits per heavy atom. The summed E-state index contributed by atoms with van der Waals surface area (Å²) in [7, 11) is 0. The predicted molar refractivity (Wildman–Crippen MR) is 77.6 cm³/mol. The maximum atomic E-state index is 11.6. The van der Waals surface area contributed by atoms with E-state index in [9.17, 15) is 4.79 Å². The van der Waals surface area contributed by atoms with Gasteiger partial charge in [-0.25, -0.2) is 4.79 Å². The van der Waals surface area contributed by atoms with Gasteiger partial charge in [-0.1, -0.05) is 0 Å². The Balaban J connectivity index is 2.12. The molecule has 0 saturated heterocycles. The largest absolute Gasteiger partial charge is 0.467 e. The standard InChI is InChI=1S/C15H18N2O3/c1-3-19-15(18)11-6-7-13(12(16)9-11)17-10(2)14-5-4-8-20-14/h4-10,17H,3,16H2,1-2H3. The van der Waals surface area contributed by atoms with Crippen LogP contribution in [-0.4, -0.2) is 12.6 Å². The van der Waals surface area contributed by atoms with E-state index < -0.39 is 0 Å². The molecule has 1 heterocycles. The summed E-state index contributed by atoms with van der Waals surface area (Å²) in [5.74, 6) is 0.448. The third kappa shape index (κ3) is 3.12. The van der Waals surface area contributed by atoms with E-state index in [0.29, 0.717) is 17.9 Å². The molecule has 106 valence electrons. The molecule has 3 N–H and O–H groups in total. The van der Waals surface area contributed by atoms with Crippen LogP contribution in [-0.2, 0) is 4.74 Å². The van der Waals surface area contributed by atoms with Crippen LogP contribution in [0.4, 0.5) is 11.4 Å². The van der Waals surface area contributed by atoms with Crippen LogP contribution in [0.1, 0.15) is 36.0 Å². The molecule has 0 aliphatic rings. The first-order chi connectivity index (χ1) is 9.61. The molecule has 0 radical (unpaired) electrons. The number of hydrogen-bond acceptors (Lipinski definition) is 5. The van der Waals surface area contributed by atoms with Gasteiger partial charge >= 0.3 is 5.97 Å². The van der Waals surface area contributed by atoms with Gasteiger partial charge in [-0.3, -0.25) is 0 Å². The second-order valence-corrected chi connectivity index (χ2v) is 4.40. The van der Waals surface area contributed by atoms with E-state index in [0.717, 1.165) is 11.4 Å². The minimum absolute atomic E-state index is 0.0132. The normalized spacial score (nSPS) is 11.9. The quantitative estimate of drug-likeness (QED) is 0.646. The number of carbonyl (C=O) groups is 1. The Morgan fingerprint density at radius 3 is 2.85 bits per heavy atom. The van der Waals surface area contributed by atoms with Crippen LogP contribution < -0.4 is 11.1 Å². The average Bonchev–Trinajstić information content (AvgIpc) is 2.95. The fourth-order valence-electron chi connectivity index (χ4n) is 1.88. The number of benzene rings is 1. The summed E-state index contributed by atoms with van der Waals surface area (Å²) < 4.78 is 10.3. The highest BCUT2D eigenvalue weighted by Crippen LogP contribution is 2.25. The summed E-state index contributed by atoms with van der Waals surface area (Å²) in [6.45, 7) is 4.08. The summed E-state index contributed by atoms with van der Waals surface area (Å²) in [5, 5.41) is 3.24. The van der Waals surface area contributed by atoms with E-state index in [-0.39, 0.29) is 12.0 Å². The lowest BCUT2D eigenvalue weighted by Gasteiger charge is -2.15. The van der Waals surface area contributed by atoms with Crippen LogP contribution in [0.2, 0.25) is 0 Å². The van der Waals surface area contributed by atoms with Gasteiger partial charge in [-0.2, -0.15) is 0 Å². The van der Waals surface area contributed by atoms with Crippen molar-refractivity contribution < 1.29 is 13.9 Å². The van der Waals surface area contributed by atoms with E-state index in [1.807, 2.05) is 19.1 Å². The molecule has 1 unspecified atom stereocenters. The molecule has 0 bridgehead atoms. The number of furan rings is 1. The first-order valence-corrected chi connectivity index (χ1v) is 6.48. The van der Waals surface area contributed by atoms with E-state index in [1.165, 1.54) is 0 Å². The maximum Gasteiger partial charge on any atom is 0.338 e. The van der Waals surface area contributed by atoms with Gasteiger partial charge in [0.1, 0.15) is 5.76 Å². The van der Waals surface area contributed by atoms with Crippen LogP contribution in [0, 0.1) is 0 Å². The van der Waals surface area contributed by atoms with Crippen molar-refractivity contribution in [3.63, 3.8) is 0 Å². The highest BCUT2D eigenvalue weighted by atomic mass is 16.5. The summed E-state index contributed by atoms with van der Waals surface area (Å²) in [6, 6.07) is 8.77. The molecule has 0 aliphatic carbocycles. The fraction of sp³-hybridized carbons (Fsp3) is 0.267. The van der Waals surface area contributed by atoms with Gasteiger partial charge in [0.2, 0.25) is 0 Å². The number of nitrogen functional groups attached to an aromatic ring is 1. The summed E-state index contributed by atoms with van der Waals surface area (Å²) in [4.78, 5) is 11.6. The molecule has 5 nitrogen and oxygen atoms in total. The molecule has 1 aromatic carbocycles. The van der Waals surface area contributed by atoms with Crippen molar-refractivity contribution in [1.82, 2.24) is 0 Å². The molecule has 0 fully saturated rings. The first kappa shape index (κ1) is 14.0. The number of anilines is 2. The minimum Gasteiger partial charge on any atom is -0.467 e. The van der Waals surface area contributed by atoms with Crippen molar-refractivity contribution in [2.45, 2.75) is 19.9 Å². The van der Waals surface area contributed by atoms with Crippen LogP contribution in [0.5, 0.6) is 0 Å². The number of carbonyl (C=O) groups excluding carboxylic acids is 1. The second kappa shape index (κ2) is 6.14. The van der Waals surface area contributed by atoms with Crippen molar-refractivity contribution in [1.29, 1.82) is 0 Å². The van der Waals surface area contributed by atoms with Crippen molar-refractivity contribution in [2.75, 3.05) is 17.7 Å². The van der Waals surface area contributed by atoms with Gasteiger partial charge in [0.15, 0.2) is 0 Å². The number of esters is 1. The SMILES string of the molecule is CCOC(=O)c1ccc(NC(C)c2ccco2)c(N)c1. The number of rotatable bonds is 5. The Labute approximate surface area is 117 Å². The predicted octanol–water partition coefficient (Wildman–Crippen LogP) is 3.21. The number of nitrogens with one attached hydrogen (secondary N) is 1. The lowest BCUT2D eigenvalue weighted by molar-refractivity contribution is 0.0526. The van der Waals surface area contributed by atoms with Crippen molar-refractivity contribution in [2.24, 2.45) is 0 Å². The zero-order valence-electron chi connectivity index (χ0n) is 11.6. The van der Waals surface area contributed by atoms with Gasteiger partial charge in [-0.05, 0) is 44.2 Å². The number of ether oxygens (including phenoxy) is 1. The van der Waals surface area contributed by atoms with Gasteiger partial charge in [0, 0.05) is 0 Å². The first-order valence-electron chi connectivity index (χ1n) is 6.48. The van der Waals surface area contributed by atoms with Crippen molar-refractivity contribution >= 4 is 17.3 Å². The number of nitrogens with two attached hydrogens (primary N) is 1. The monoisotopic (exact) mass is 274 g/mol. The Bertz CT molecular complexity index is 579. The number of hydrogen-bond donors (Lipinski definition) is 2. The van der Waals surface area contributed by atoms with E-state index in [1.54, 1.807) is 31.4 Å². The van der Waals surface area contributed by atoms with Crippen LogP contribution in [0.15, 0.2) is 41.0 Å². The maximum absolute atomic E-state index is 11.6. The average molecular weight is 274 g/mol. The second-order valence-electron chi connectivity index (χ2n) is 4.40. The fourth-order valence-corrected chi connectivity index (χ4v) is 1.88. The Morgan fingerprint density at radius 1 is 1.45 bits per heavy atom. The van der Waals surface area contributed by atoms with Crippen molar-refractivity contribution in [3.8, 4) is 0 Å². The van der Waals surface area contributed by atoms with Gasteiger partial charge in [0.05, 0.1) is 35.9 Å². The molecule has 0 saturated carbocycles. The molecule has 1 aromatic heterocycles. The van der Waals surface area contributed by atoms with Crippen LogP contribution in [0.25, 0.3) is 0 Å². The lowest BCUT2D eigenvalue weighted by Crippen LogP contribution is -2.09. The van der Waals surface area contributed by atoms with Gasteiger partial charge < -0.3 is 20.2 Å². The molecule has 0 spiro atoms. The molecular weight excluding hydrogens is 256 g/mol. The third-order valence-electron chi connectivity index (χ3n) is 2.90. The molecule has 1 atom stereocenters. The Hall–Kier alpha value is -2.43. The highest BCUT2D eigenvalue weighted by Gasteiger charge is 2.12. The van der Waals surface area contributed by atoms with Gasteiger partial charge in [0.25, 0.3) is 0 Å². The van der Waals surface area contributed by atoms with E-state index in [4.69, 9.17) is 14.9 Å². The molecule has 0 amide bonds. The summed E-state index contributed by atoms with van der Waals surface area (Å²) in [6.07, 6.45) is 1.63. The summed E-state index contributed by atoms with van der Waals surface area (Å²) in [5.41, 5.74) is 7.65. The van der Waals surface area contributed by atoms with E-state index >= 15 is 0 Å². The lowest BCUT2D eigenvalue weighted by atomic mass is 10.1. The zero-order chi connectivity index (χ0) is 14.5. The van der Waals surface area contributed by atoms with E-state index in [2.05, 4.69) is 5.32 Å². The molecule has 2 aromatic rings. The van der Waals surface area contributed by atoms with Crippen molar-refractivity contribution in [3.05, 3.63) is 47.9 Å². The third-order valence-corrected chi connectivity index (χ3v) is 2.90. The van der Waals surface area contributed by atoms with Crippen LogP contribution in [0.3, 0.4) is 0 Å². The smallest absolute Gasteiger partial charge is 0.338 e. The zero-order valence-corrected chi connectivity index (χ0v) is 11.6. The molecule has 20 heavy (non-hydrogen) atoms. The topological polar surface area (TPSA) is 77.5 Å². The molecule has 5 heteroatoms. The molecule has 2 rings (SSSR count). The molecule has 0 aliphatic heterocycles. The summed E-state index contributed by atoms with van der Waals surface area (Å²) >= 11 is 0. The van der Waals surface area contributed by atoms with Crippen LogP contribution >= 0.6 is 0 Å². The molecular formula is C15H18N2O3. The van der Waals surface area contributed by atoms with Gasteiger partial charge in [-0.15, -0.1) is 0 Å². The minimum atomic E-state index is -0.371.